The maximum absolute atomic E-state index is 12.5. The number of unbranched alkanes of at least 4 members (excludes halogenated alkanes) is 1. The summed E-state index contributed by atoms with van der Waals surface area (Å²) in [4.78, 5) is 12.3. The number of para-hydroxylation sites is 1. The average Bonchev–Trinajstić information content (AvgIpc) is 2.71. The summed E-state index contributed by atoms with van der Waals surface area (Å²) in [7, 11) is -0.373. The van der Waals surface area contributed by atoms with E-state index in [4.69, 9.17) is 4.74 Å². The van der Waals surface area contributed by atoms with Crippen molar-refractivity contribution in [2.45, 2.75) is 24.7 Å². The van der Waals surface area contributed by atoms with Crippen molar-refractivity contribution in [1.82, 2.24) is 4.31 Å². The lowest BCUT2D eigenvalue weighted by atomic mass is 10.2. The highest BCUT2D eigenvalue weighted by Crippen LogP contribution is 2.20. The molecule has 0 aromatic heterocycles. The van der Waals surface area contributed by atoms with E-state index >= 15 is 0 Å². The number of nitrogens with one attached hydrogen (secondary N) is 1. The molecule has 7 heteroatoms. The summed E-state index contributed by atoms with van der Waals surface area (Å²) in [5, 5.41) is 2.72. The zero-order valence-electron chi connectivity index (χ0n) is 16.4. The van der Waals surface area contributed by atoms with Crippen molar-refractivity contribution < 1.29 is 17.9 Å². The van der Waals surface area contributed by atoms with Crippen molar-refractivity contribution in [3.8, 4) is 5.75 Å². The number of ether oxygens (including phenoxy) is 1. The molecular formula is C21H26N2O4S. The third kappa shape index (κ3) is 5.68. The van der Waals surface area contributed by atoms with Crippen LogP contribution in [0.15, 0.2) is 59.5 Å². The van der Waals surface area contributed by atoms with Crippen LogP contribution in [-0.4, -0.2) is 39.3 Å². The van der Waals surface area contributed by atoms with Crippen molar-refractivity contribution in [1.29, 1.82) is 0 Å². The molecule has 1 amide bonds. The van der Waals surface area contributed by atoms with E-state index < -0.39 is 10.0 Å². The van der Waals surface area contributed by atoms with Crippen LogP contribution in [0.5, 0.6) is 5.75 Å². The van der Waals surface area contributed by atoms with E-state index in [0.717, 1.165) is 18.4 Å². The van der Waals surface area contributed by atoms with Crippen LogP contribution < -0.4 is 10.1 Å². The first kappa shape index (κ1) is 21.7. The number of carbonyl (C=O) groups excluding carboxylic acids is 1. The zero-order valence-corrected chi connectivity index (χ0v) is 17.2. The molecule has 2 aromatic rings. The molecule has 0 aliphatic heterocycles. The van der Waals surface area contributed by atoms with Crippen LogP contribution in [0.1, 0.15) is 25.3 Å². The van der Waals surface area contributed by atoms with Gasteiger partial charge in [0.2, 0.25) is 15.9 Å². The lowest BCUT2D eigenvalue weighted by molar-refractivity contribution is -0.111. The second kappa shape index (κ2) is 10.1. The Bertz CT molecular complexity index is 922. The number of methoxy groups -OCH3 is 1. The monoisotopic (exact) mass is 402 g/mol. The highest BCUT2D eigenvalue weighted by Gasteiger charge is 2.19. The van der Waals surface area contributed by atoms with Crippen LogP contribution >= 0.6 is 0 Å². The van der Waals surface area contributed by atoms with Gasteiger partial charge in [-0.25, -0.2) is 12.7 Å². The minimum atomic E-state index is -3.52. The Labute approximate surface area is 166 Å². The number of nitrogens with zero attached hydrogens (tertiary/aromatic N) is 1. The highest BCUT2D eigenvalue weighted by atomic mass is 32.2. The zero-order chi connectivity index (χ0) is 20.6. The van der Waals surface area contributed by atoms with E-state index in [0.29, 0.717) is 18.0 Å². The van der Waals surface area contributed by atoms with E-state index in [1.165, 1.54) is 22.5 Å². The molecule has 1 N–H and O–H groups in total. The predicted octanol–water partition coefficient (Wildman–Crippen LogP) is 3.77. The summed E-state index contributed by atoms with van der Waals surface area (Å²) in [6.07, 6.45) is 4.80. The number of hydrogen-bond acceptors (Lipinski definition) is 4. The fourth-order valence-electron chi connectivity index (χ4n) is 2.54. The van der Waals surface area contributed by atoms with Crippen molar-refractivity contribution in [3.63, 3.8) is 0 Å². The fourth-order valence-corrected chi connectivity index (χ4v) is 3.75. The van der Waals surface area contributed by atoms with Crippen LogP contribution in [0.4, 0.5) is 5.69 Å². The van der Waals surface area contributed by atoms with Gasteiger partial charge in [0, 0.05) is 30.9 Å². The molecule has 150 valence electrons. The molecule has 0 saturated carbocycles. The van der Waals surface area contributed by atoms with Gasteiger partial charge in [-0.05, 0) is 42.8 Å². The molecule has 2 rings (SSSR count). The summed E-state index contributed by atoms with van der Waals surface area (Å²) in [6, 6.07) is 13.5. The van der Waals surface area contributed by atoms with Crippen LogP contribution in [0.3, 0.4) is 0 Å². The Morgan fingerprint density at radius 3 is 2.46 bits per heavy atom. The molecule has 0 heterocycles. The SMILES string of the molecule is CCCCN(C)S(=O)(=O)c1ccc(NC(=O)/C=C/c2ccccc2OC)cc1. The third-order valence-corrected chi connectivity index (χ3v) is 6.08. The summed E-state index contributed by atoms with van der Waals surface area (Å²) >= 11 is 0. The van der Waals surface area contributed by atoms with E-state index in [1.807, 2.05) is 31.2 Å². The second-order valence-corrected chi connectivity index (χ2v) is 8.31. The highest BCUT2D eigenvalue weighted by molar-refractivity contribution is 7.89. The molecule has 0 radical (unpaired) electrons. The minimum absolute atomic E-state index is 0.202. The van der Waals surface area contributed by atoms with Crippen molar-refractivity contribution in [3.05, 3.63) is 60.2 Å². The smallest absolute Gasteiger partial charge is 0.248 e. The topological polar surface area (TPSA) is 75.7 Å². The molecule has 2 aromatic carbocycles. The number of hydrogen-bond donors (Lipinski definition) is 1. The number of anilines is 1. The van der Waals surface area contributed by atoms with Gasteiger partial charge in [0.1, 0.15) is 5.75 Å². The van der Waals surface area contributed by atoms with E-state index in [-0.39, 0.29) is 10.8 Å². The average molecular weight is 403 g/mol. The van der Waals surface area contributed by atoms with Crippen LogP contribution in [-0.2, 0) is 14.8 Å². The number of benzene rings is 2. The Hall–Kier alpha value is -2.64. The first-order valence-corrected chi connectivity index (χ1v) is 10.5. The standard InChI is InChI=1S/C21H26N2O4S/c1-4-5-16-23(2)28(25,26)19-13-11-18(12-14-19)22-21(24)15-10-17-8-6-7-9-20(17)27-3/h6-15H,4-5,16H2,1-3H3,(H,22,24)/b15-10+. The quantitative estimate of drug-likeness (QED) is 0.648. The van der Waals surface area contributed by atoms with E-state index in [9.17, 15) is 13.2 Å². The summed E-state index contributed by atoms with van der Waals surface area (Å²) < 4.78 is 31.6. The minimum Gasteiger partial charge on any atom is -0.496 e. The maximum atomic E-state index is 12.5. The van der Waals surface area contributed by atoms with Gasteiger partial charge < -0.3 is 10.1 Å². The lowest BCUT2D eigenvalue weighted by Crippen LogP contribution is -2.27. The molecule has 0 saturated heterocycles. The molecule has 0 atom stereocenters. The summed E-state index contributed by atoms with van der Waals surface area (Å²) in [5.74, 6) is 0.356. The summed E-state index contributed by atoms with van der Waals surface area (Å²) in [6.45, 7) is 2.49. The molecular weight excluding hydrogens is 376 g/mol. The molecule has 28 heavy (non-hydrogen) atoms. The van der Waals surface area contributed by atoms with E-state index in [2.05, 4.69) is 5.32 Å². The maximum Gasteiger partial charge on any atom is 0.248 e. The van der Waals surface area contributed by atoms with Crippen LogP contribution in [0.25, 0.3) is 6.08 Å². The number of sulfonamides is 1. The van der Waals surface area contributed by atoms with Crippen molar-refractivity contribution in [2.75, 3.05) is 26.0 Å². The van der Waals surface area contributed by atoms with Gasteiger partial charge in [-0.3, -0.25) is 4.79 Å². The largest absolute Gasteiger partial charge is 0.496 e. The molecule has 0 bridgehead atoms. The van der Waals surface area contributed by atoms with Gasteiger partial charge in [-0.1, -0.05) is 31.5 Å². The third-order valence-electron chi connectivity index (χ3n) is 4.21. The molecule has 0 aliphatic carbocycles. The molecule has 0 unspecified atom stereocenters. The van der Waals surface area contributed by atoms with Gasteiger partial charge in [0.25, 0.3) is 0 Å². The lowest BCUT2D eigenvalue weighted by Gasteiger charge is -2.17. The molecule has 0 aliphatic rings. The van der Waals surface area contributed by atoms with Gasteiger partial charge in [-0.15, -0.1) is 0 Å². The number of rotatable bonds is 9. The Balaban J connectivity index is 2.04. The molecule has 0 fully saturated rings. The van der Waals surface area contributed by atoms with Crippen molar-refractivity contribution in [2.24, 2.45) is 0 Å². The Morgan fingerprint density at radius 1 is 1.14 bits per heavy atom. The van der Waals surface area contributed by atoms with Crippen molar-refractivity contribution >= 4 is 27.7 Å². The fraction of sp³-hybridized carbons (Fsp3) is 0.286. The van der Waals surface area contributed by atoms with Gasteiger partial charge in [-0.2, -0.15) is 0 Å². The summed E-state index contributed by atoms with van der Waals surface area (Å²) in [5.41, 5.74) is 1.31. The Morgan fingerprint density at radius 2 is 1.82 bits per heavy atom. The first-order chi connectivity index (χ1) is 13.4. The van der Waals surface area contributed by atoms with Gasteiger partial charge in [0.05, 0.1) is 12.0 Å². The number of carbonyl (C=O) groups is 1. The van der Waals surface area contributed by atoms with Crippen LogP contribution in [0.2, 0.25) is 0 Å². The normalized spacial score (nSPS) is 11.7. The second-order valence-electron chi connectivity index (χ2n) is 6.27. The molecule has 0 spiro atoms. The van der Waals surface area contributed by atoms with E-state index in [1.54, 1.807) is 32.4 Å². The van der Waals surface area contributed by atoms with Crippen LogP contribution in [0, 0.1) is 0 Å². The van der Waals surface area contributed by atoms with Gasteiger partial charge in [0.15, 0.2) is 0 Å². The predicted molar refractivity (Wildman–Crippen MR) is 112 cm³/mol. The molecule has 6 nitrogen and oxygen atoms in total. The van der Waals surface area contributed by atoms with Gasteiger partial charge >= 0.3 is 0 Å². The Kier molecular flexibility index (Phi) is 7.78. The first-order valence-electron chi connectivity index (χ1n) is 9.07. The number of amides is 1.